The van der Waals surface area contributed by atoms with E-state index in [1.807, 2.05) is 50.2 Å². The van der Waals surface area contributed by atoms with E-state index in [9.17, 15) is 4.79 Å². The van der Waals surface area contributed by atoms with Crippen LogP contribution in [0.4, 0.5) is 5.69 Å². The largest absolute Gasteiger partial charge is 0.378 e. The Balaban J connectivity index is 1.97. The fraction of sp³-hybridized carbons (Fsp3) is 0.467. The molecule has 1 aliphatic heterocycles. The highest BCUT2D eigenvalue weighted by Gasteiger charge is 2.23. The van der Waals surface area contributed by atoms with Gasteiger partial charge in [0.05, 0.1) is 5.71 Å². The Labute approximate surface area is 119 Å². The number of hydrogen-bond donors (Lipinski definition) is 1. The van der Waals surface area contributed by atoms with Crippen LogP contribution in [0.15, 0.2) is 29.4 Å². The summed E-state index contributed by atoms with van der Waals surface area (Å²) < 4.78 is 5.31. The third-order valence-corrected chi connectivity index (χ3v) is 3.36. The first-order chi connectivity index (χ1) is 9.58. The fourth-order valence-electron chi connectivity index (χ4n) is 2.06. The predicted molar refractivity (Wildman–Crippen MR) is 80.1 cm³/mol. The van der Waals surface area contributed by atoms with Crippen molar-refractivity contribution < 1.29 is 9.53 Å². The van der Waals surface area contributed by atoms with Gasteiger partial charge in [-0.05, 0) is 37.5 Å². The molecule has 1 unspecified atom stereocenters. The van der Waals surface area contributed by atoms with Gasteiger partial charge < -0.3 is 9.64 Å². The summed E-state index contributed by atoms with van der Waals surface area (Å²) in [5.41, 5.74) is 5.47. The zero-order valence-electron chi connectivity index (χ0n) is 12.2. The quantitative estimate of drug-likeness (QED) is 0.673. The van der Waals surface area contributed by atoms with Crippen molar-refractivity contribution in [2.45, 2.75) is 25.9 Å². The summed E-state index contributed by atoms with van der Waals surface area (Å²) in [6.07, 6.45) is 1.37. The summed E-state index contributed by atoms with van der Waals surface area (Å²) in [5, 5.41) is 4.14. The zero-order chi connectivity index (χ0) is 14.5. The van der Waals surface area contributed by atoms with Crippen molar-refractivity contribution in [2.24, 2.45) is 5.10 Å². The van der Waals surface area contributed by atoms with Gasteiger partial charge in [0.1, 0.15) is 6.10 Å². The summed E-state index contributed by atoms with van der Waals surface area (Å²) in [7, 11) is 4.00. The molecule has 1 saturated heterocycles. The lowest BCUT2D eigenvalue weighted by molar-refractivity contribution is -0.130. The maximum absolute atomic E-state index is 11.8. The lowest BCUT2D eigenvalue weighted by Crippen LogP contribution is -2.31. The molecule has 0 radical (unpaired) electrons. The zero-order valence-corrected chi connectivity index (χ0v) is 12.2. The summed E-state index contributed by atoms with van der Waals surface area (Å²) in [4.78, 5) is 13.8. The Morgan fingerprint density at radius 1 is 1.35 bits per heavy atom. The maximum Gasteiger partial charge on any atom is 0.269 e. The van der Waals surface area contributed by atoms with E-state index in [0.717, 1.165) is 29.8 Å². The van der Waals surface area contributed by atoms with Crippen LogP contribution in [-0.2, 0) is 9.53 Å². The second kappa shape index (κ2) is 6.52. The standard InChI is InChI=1S/C15H21N3O2/c1-11(12-6-8-13(9-7-12)18(2)3)16-17-15(19)14-5-4-10-20-14/h6-9,14H,4-5,10H2,1-3H3,(H,17,19)/b16-11+. The molecule has 2 rings (SSSR count). The molecule has 5 heteroatoms. The van der Waals surface area contributed by atoms with E-state index in [-0.39, 0.29) is 12.0 Å². The van der Waals surface area contributed by atoms with Crippen molar-refractivity contribution in [3.8, 4) is 0 Å². The SMILES string of the molecule is C/C(=N\NC(=O)C1CCCO1)c1ccc(N(C)C)cc1. The molecule has 1 N–H and O–H groups in total. The minimum atomic E-state index is -0.345. The van der Waals surface area contributed by atoms with Crippen LogP contribution in [0.1, 0.15) is 25.3 Å². The molecular formula is C15H21N3O2. The van der Waals surface area contributed by atoms with Crippen LogP contribution in [-0.4, -0.2) is 38.4 Å². The van der Waals surface area contributed by atoms with E-state index in [2.05, 4.69) is 10.5 Å². The summed E-state index contributed by atoms with van der Waals surface area (Å²) in [6, 6.07) is 8.03. The van der Waals surface area contributed by atoms with Gasteiger partial charge in [0.2, 0.25) is 0 Å². The normalized spacial score (nSPS) is 18.9. The molecule has 0 aromatic heterocycles. The van der Waals surface area contributed by atoms with Crippen molar-refractivity contribution >= 4 is 17.3 Å². The molecule has 0 saturated carbocycles. The minimum absolute atomic E-state index is 0.160. The van der Waals surface area contributed by atoms with Gasteiger partial charge in [-0.1, -0.05) is 12.1 Å². The van der Waals surface area contributed by atoms with Crippen LogP contribution in [0.3, 0.4) is 0 Å². The van der Waals surface area contributed by atoms with Gasteiger partial charge in [0, 0.05) is 26.4 Å². The molecule has 108 valence electrons. The molecule has 1 aliphatic rings. The molecule has 0 aliphatic carbocycles. The minimum Gasteiger partial charge on any atom is -0.378 e. The van der Waals surface area contributed by atoms with Gasteiger partial charge in [0.15, 0.2) is 0 Å². The molecule has 1 atom stereocenters. The molecule has 1 heterocycles. The van der Waals surface area contributed by atoms with E-state index < -0.39 is 0 Å². The number of hydrogen-bond acceptors (Lipinski definition) is 4. The molecule has 5 nitrogen and oxygen atoms in total. The van der Waals surface area contributed by atoms with Crippen molar-refractivity contribution in [2.75, 3.05) is 25.6 Å². The molecule has 1 fully saturated rings. The van der Waals surface area contributed by atoms with Crippen LogP contribution >= 0.6 is 0 Å². The highest BCUT2D eigenvalue weighted by Crippen LogP contribution is 2.13. The lowest BCUT2D eigenvalue weighted by atomic mass is 10.1. The number of benzene rings is 1. The molecule has 20 heavy (non-hydrogen) atoms. The summed E-state index contributed by atoms with van der Waals surface area (Å²) in [6.45, 7) is 2.53. The smallest absolute Gasteiger partial charge is 0.269 e. The monoisotopic (exact) mass is 275 g/mol. The number of nitrogens with zero attached hydrogens (tertiary/aromatic N) is 2. The van der Waals surface area contributed by atoms with Crippen molar-refractivity contribution in [1.82, 2.24) is 5.43 Å². The molecule has 1 amide bonds. The Kier molecular flexibility index (Phi) is 4.74. The first kappa shape index (κ1) is 14.5. The van der Waals surface area contributed by atoms with E-state index >= 15 is 0 Å². The first-order valence-electron chi connectivity index (χ1n) is 6.81. The van der Waals surface area contributed by atoms with Crippen LogP contribution < -0.4 is 10.3 Å². The molecule has 1 aromatic rings. The van der Waals surface area contributed by atoms with E-state index in [0.29, 0.717) is 6.61 Å². The Bertz CT molecular complexity index is 488. The van der Waals surface area contributed by atoms with Crippen LogP contribution in [0, 0.1) is 0 Å². The molecule has 1 aromatic carbocycles. The number of carbonyl (C=O) groups excluding carboxylic acids is 1. The van der Waals surface area contributed by atoms with Gasteiger partial charge >= 0.3 is 0 Å². The third-order valence-electron chi connectivity index (χ3n) is 3.36. The average molecular weight is 275 g/mol. The number of carbonyl (C=O) groups is 1. The predicted octanol–water partition coefficient (Wildman–Crippen LogP) is 1.77. The van der Waals surface area contributed by atoms with Gasteiger partial charge in [-0.3, -0.25) is 4.79 Å². The number of rotatable bonds is 4. The lowest BCUT2D eigenvalue weighted by Gasteiger charge is -2.12. The van der Waals surface area contributed by atoms with E-state index in [1.165, 1.54) is 0 Å². The first-order valence-corrected chi connectivity index (χ1v) is 6.81. The van der Waals surface area contributed by atoms with Crippen LogP contribution in [0.5, 0.6) is 0 Å². The van der Waals surface area contributed by atoms with Crippen molar-refractivity contribution in [3.63, 3.8) is 0 Å². The van der Waals surface area contributed by atoms with Gasteiger partial charge in [-0.25, -0.2) is 5.43 Å². The van der Waals surface area contributed by atoms with Gasteiger partial charge in [-0.2, -0.15) is 5.10 Å². The van der Waals surface area contributed by atoms with Crippen LogP contribution in [0.25, 0.3) is 0 Å². The Morgan fingerprint density at radius 2 is 2.05 bits per heavy atom. The highest BCUT2D eigenvalue weighted by molar-refractivity contribution is 5.99. The topological polar surface area (TPSA) is 53.9 Å². The van der Waals surface area contributed by atoms with Crippen molar-refractivity contribution in [3.05, 3.63) is 29.8 Å². The summed E-state index contributed by atoms with van der Waals surface area (Å²) >= 11 is 0. The van der Waals surface area contributed by atoms with Gasteiger partial charge in [0.25, 0.3) is 5.91 Å². The highest BCUT2D eigenvalue weighted by atomic mass is 16.5. The third kappa shape index (κ3) is 3.57. The number of amides is 1. The van der Waals surface area contributed by atoms with E-state index in [1.54, 1.807) is 0 Å². The Hall–Kier alpha value is -1.88. The fourth-order valence-corrected chi connectivity index (χ4v) is 2.06. The summed E-state index contributed by atoms with van der Waals surface area (Å²) in [5.74, 6) is -0.160. The number of anilines is 1. The Morgan fingerprint density at radius 3 is 2.60 bits per heavy atom. The van der Waals surface area contributed by atoms with Crippen molar-refractivity contribution in [1.29, 1.82) is 0 Å². The molecule has 0 spiro atoms. The molecule has 0 bridgehead atoms. The second-order valence-electron chi connectivity index (χ2n) is 5.12. The number of hydrazone groups is 1. The number of nitrogens with one attached hydrogen (secondary N) is 1. The van der Waals surface area contributed by atoms with Crippen LogP contribution in [0.2, 0.25) is 0 Å². The maximum atomic E-state index is 11.8. The number of ether oxygens (including phenoxy) is 1. The van der Waals surface area contributed by atoms with Gasteiger partial charge in [-0.15, -0.1) is 0 Å². The average Bonchev–Trinajstić information content (AvgIpc) is 2.98. The second-order valence-corrected chi connectivity index (χ2v) is 5.12. The van der Waals surface area contributed by atoms with E-state index in [4.69, 9.17) is 4.74 Å². The molecular weight excluding hydrogens is 254 g/mol.